The summed E-state index contributed by atoms with van der Waals surface area (Å²) in [7, 11) is 6.34. The molecule has 13 heteroatoms. The molecule has 2 aliphatic carbocycles. The number of nitrogens with zero attached hydrogens (tertiary/aromatic N) is 4. The summed E-state index contributed by atoms with van der Waals surface area (Å²) >= 11 is 5.93. The molecule has 8 rings (SSSR count). The molecule has 0 atom stereocenters. The third kappa shape index (κ3) is 10.8. The molecule has 0 saturated carbocycles. The summed E-state index contributed by atoms with van der Waals surface area (Å²) < 4.78 is 21.0. The SMILES string of the molecule is C.CC.CC.COc1cc2ncnc(Cl)c2cc1OC.COc1cc2ncnc(Nc3ccc(O)c4c3CC=C4)c2cc1OC.Nc1ccc(O)c2c1CC=C2.[C-]#C. The first-order valence-corrected chi connectivity index (χ1v) is 18.4. The van der Waals surface area contributed by atoms with Gasteiger partial charge in [0.1, 0.15) is 35.1 Å². The fraction of sp³-hybridized carbons (Fsp3) is 0.244. The fourth-order valence-corrected chi connectivity index (χ4v) is 6.00. The fourth-order valence-electron chi connectivity index (χ4n) is 5.81. The number of aromatic nitrogens is 4. The number of fused-ring (bicyclic) bond motifs is 4. The summed E-state index contributed by atoms with van der Waals surface area (Å²) in [5.74, 6) is 3.75. The number of methoxy groups -OCH3 is 4. The van der Waals surface area contributed by atoms with Crippen LogP contribution in [0.25, 0.3) is 34.0 Å². The van der Waals surface area contributed by atoms with E-state index in [-0.39, 0.29) is 13.2 Å². The van der Waals surface area contributed by atoms with Crippen LogP contribution in [0.5, 0.6) is 34.5 Å². The van der Waals surface area contributed by atoms with Crippen LogP contribution < -0.4 is 30.0 Å². The second-order valence-electron chi connectivity index (χ2n) is 11.3. The van der Waals surface area contributed by atoms with Crippen molar-refractivity contribution in [1.29, 1.82) is 0 Å². The molecule has 306 valence electrons. The van der Waals surface area contributed by atoms with Gasteiger partial charge in [-0.25, -0.2) is 19.9 Å². The zero-order valence-corrected chi connectivity index (χ0v) is 34.1. The molecule has 2 aromatic heterocycles. The largest absolute Gasteiger partial charge is 0.697 e. The summed E-state index contributed by atoms with van der Waals surface area (Å²) in [4.78, 5) is 16.7. The van der Waals surface area contributed by atoms with Crippen molar-refractivity contribution in [3.8, 4) is 40.9 Å². The summed E-state index contributed by atoms with van der Waals surface area (Å²) in [6, 6.07) is 14.1. The van der Waals surface area contributed by atoms with Gasteiger partial charge in [-0.1, -0.05) is 71.0 Å². The van der Waals surface area contributed by atoms with E-state index in [4.69, 9.17) is 42.7 Å². The highest BCUT2D eigenvalue weighted by Crippen LogP contribution is 2.38. The average molecular weight is 808 g/mol. The van der Waals surface area contributed by atoms with Gasteiger partial charge in [-0.05, 0) is 60.4 Å². The molecule has 0 radical (unpaired) electrons. The Hall–Kier alpha value is -6.71. The van der Waals surface area contributed by atoms with Gasteiger partial charge in [0.2, 0.25) is 0 Å². The monoisotopic (exact) mass is 807 g/mol. The van der Waals surface area contributed by atoms with Gasteiger partial charge in [-0.15, -0.1) is 0 Å². The number of aromatic hydroxyl groups is 2. The first-order valence-electron chi connectivity index (χ1n) is 18.0. The summed E-state index contributed by atoms with van der Waals surface area (Å²) in [6.45, 7) is 8.00. The van der Waals surface area contributed by atoms with Crippen molar-refractivity contribution in [2.24, 2.45) is 0 Å². The Kier molecular flexibility index (Phi) is 19.1. The average Bonchev–Trinajstić information content (AvgIpc) is 3.98. The van der Waals surface area contributed by atoms with Crippen LogP contribution in [-0.2, 0) is 12.8 Å². The first-order chi connectivity index (χ1) is 27.8. The van der Waals surface area contributed by atoms with Crippen LogP contribution in [0.4, 0.5) is 17.2 Å². The lowest BCUT2D eigenvalue weighted by molar-refractivity contribution is 0.356. The minimum atomic E-state index is 0. The zero-order valence-electron chi connectivity index (χ0n) is 33.3. The number of halogens is 1. The molecule has 12 nitrogen and oxygen atoms in total. The predicted octanol–water partition coefficient (Wildman–Crippen LogP) is 10.4. The number of benzene rings is 4. The Labute approximate surface area is 346 Å². The van der Waals surface area contributed by atoms with E-state index in [0.29, 0.717) is 39.7 Å². The Balaban J connectivity index is 0.000000301. The molecular formula is C45H52ClN6O6-. The van der Waals surface area contributed by atoms with Gasteiger partial charge in [0.15, 0.2) is 23.0 Å². The molecule has 58 heavy (non-hydrogen) atoms. The quantitative estimate of drug-likeness (QED) is 0.0414. The number of phenols is 2. The number of rotatable bonds is 6. The van der Waals surface area contributed by atoms with E-state index in [0.717, 1.165) is 68.3 Å². The number of nitrogens with one attached hydrogen (secondary N) is 1. The van der Waals surface area contributed by atoms with E-state index in [1.165, 1.54) is 12.7 Å². The van der Waals surface area contributed by atoms with Gasteiger partial charge >= 0.3 is 0 Å². The lowest BCUT2D eigenvalue weighted by Gasteiger charge is -2.14. The lowest BCUT2D eigenvalue weighted by atomic mass is 10.1. The van der Waals surface area contributed by atoms with Crippen molar-refractivity contribution < 1.29 is 29.2 Å². The molecule has 2 aliphatic rings. The van der Waals surface area contributed by atoms with Crippen molar-refractivity contribution in [2.45, 2.75) is 48.0 Å². The van der Waals surface area contributed by atoms with Gasteiger partial charge in [-0.3, -0.25) is 0 Å². The molecule has 0 aliphatic heterocycles. The van der Waals surface area contributed by atoms with Gasteiger partial charge in [0.25, 0.3) is 0 Å². The number of ether oxygens (including phenoxy) is 4. The number of nitrogens with two attached hydrogens (primary N) is 1. The number of hydrogen-bond donors (Lipinski definition) is 4. The highest BCUT2D eigenvalue weighted by Gasteiger charge is 2.17. The molecule has 2 heterocycles. The Morgan fingerprint density at radius 3 is 1.64 bits per heavy atom. The number of hydrogen-bond acceptors (Lipinski definition) is 12. The lowest BCUT2D eigenvalue weighted by Crippen LogP contribution is -2.00. The van der Waals surface area contributed by atoms with Gasteiger partial charge < -0.3 is 53.1 Å². The van der Waals surface area contributed by atoms with Crippen molar-refractivity contribution in [3.63, 3.8) is 0 Å². The van der Waals surface area contributed by atoms with E-state index < -0.39 is 0 Å². The van der Waals surface area contributed by atoms with E-state index in [9.17, 15) is 10.2 Å². The van der Waals surface area contributed by atoms with E-state index in [2.05, 4.69) is 31.7 Å². The van der Waals surface area contributed by atoms with Crippen LogP contribution in [0.1, 0.15) is 57.4 Å². The van der Waals surface area contributed by atoms with Crippen molar-refractivity contribution in [2.75, 3.05) is 39.5 Å². The third-order valence-corrected chi connectivity index (χ3v) is 8.70. The predicted molar refractivity (Wildman–Crippen MR) is 237 cm³/mol. The van der Waals surface area contributed by atoms with Crippen LogP contribution in [0.15, 0.2) is 73.3 Å². The Bertz CT molecular complexity index is 2360. The Morgan fingerprint density at radius 1 is 0.655 bits per heavy atom. The number of phenolic OH excluding ortho intramolecular Hbond substituents is 2. The highest BCUT2D eigenvalue weighted by atomic mass is 35.5. The number of allylic oxidation sites excluding steroid dienone is 2. The van der Waals surface area contributed by atoms with E-state index in [1.807, 2.05) is 70.2 Å². The second kappa shape index (κ2) is 23.4. The summed E-state index contributed by atoms with van der Waals surface area (Å²) in [5.41, 5.74) is 12.7. The summed E-state index contributed by atoms with van der Waals surface area (Å²) in [6.07, 6.45) is 21.4. The first kappa shape index (κ1) is 47.4. The van der Waals surface area contributed by atoms with Gasteiger partial charge in [-0.2, -0.15) is 0 Å². The molecule has 5 N–H and O–H groups in total. The number of terminal acetylenes is 1. The molecule has 0 unspecified atom stereocenters. The smallest absolute Gasteiger partial charge is 0.162 e. The molecule has 0 spiro atoms. The highest BCUT2D eigenvalue weighted by molar-refractivity contribution is 6.34. The van der Waals surface area contributed by atoms with Crippen LogP contribution in [0.2, 0.25) is 5.15 Å². The van der Waals surface area contributed by atoms with Crippen LogP contribution in [0.3, 0.4) is 0 Å². The van der Waals surface area contributed by atoms with Crippen molar-refractivity contribution >= 4 is 62.8 Å². The molecule has 0 fully saturated rings. The molecule has 6 aromatic rings. The maximum absolute atomic E-state index is 9.98. The Morgan fingerprint density at radius 2 is 1.10 bits per heavy atom. The molecular weight excluding hydrogens is 756 g/mol. The van der Waals surface area contributed by atoms with Gasteiger partial charge in [0, 0.05) is 45.4 Å². The summed E-state index contributed by atoms with van der Waals surface area (Å²) in [5, 5.41) is 24.7. The van der Waals surface area contributed by atoms with Crippen LogP contribution >= 0.6 is 11.6 Å². The maximum atomic E-state index is 9.98. The number of nitrogen functional groups attached to an aromatic ring is 1. The van der Waals surface area contributed by atoms with Crippen LogP contribution in [0, 0.1) is 12.8 Å². The van der Waals surface area contributed by atoms with E-state index in [1.54, 1.807) is 58.8 Å². The van der Waals surface area contributed by atoms with Crippen molar-refractivity contribution in [1.82, 2.24) is 19.9 Å². The molecule has 4 aromatic carbocycles. The normalized spacial score (nSPS) is 10.7. The molecule has 0 amide bonds. The second-order valence-corrected chi connectivity index (χ2v) is 11.6. The minimum absolute atomic E-state index is 0. The van der Waals surface area contributed by atoms with Gasteiger partial charge in [0.05, 0.1) is 39.5 Å². The maximum Gasteiger partial charge on any atom is 0.162 e. The third-order valence-electron chi connectivity index (χ3n) is 8.40. The molecule has 0 saturated heterocycles. The van der Waals surface area contributed by atoms with E-state index >= 15 is 0 Å². The minimum Gasteiger partial charge on any atom is -0.697 e. The van der Waals surface area contributed by atoms with Crippen molar-refractivity contribution in [3.05, 3.63) is 107 Å². The topological polar surface area (TPSA) is 167 Å². The zero-order chi connectivity index (χ0) is 42.1. The standard InChI is InChI=1S/C19H17N3O3.C10H9ClN2O2.C9H9NO.2C2H6.C2H.CH4/c1-24-17-8-13-15(9-18(17)25-2)20-10-21-19(13)22-14-6-7-16(23)12-5-3-4-11(12)14;1-14-8-3-6-7(4-9(8)15-2)12-5-13-10(6)11;10-8-4-5-9(11)7-3-1-2-6(7)8;3*1-2;/h3,5-10,23H,4H2,1-2H3,(H,20,21,22);3-5H,1-2H3;1,3-5,11H,2,10H2;2*1-2H3;1H;1H4/q;;;;;-1;. The molecule has 0 bridgehead atoms. The number of anilines is 3. The van der Waals surface area contributed by atoms with Crippen LogP contribution in [-0.4, -0.2) is 58.6 Å².